The minimum atomic E-state index is -4.05. The van der Waals surface area contributed by atoms with Crippen LogP contribution < -0.4 is 4.31 Å². The van der Waals surface area contributed by atoms with E-state index in [1.165, 1.54) is 24.3 Å². The highest BCUT2D eigenvalue weighted by Gasteiger charge is 2.28. The van der Waals surface area contributed by atoms with Gasteiger partial charge in [-0.05, 0) is 48.9 Å². The van der Waals surface area contributed by atoms with Gasteiger partial charge in [0.1, 0.15) is 0 Å². The first-order valence-electron chi connectivity index (χ1n) is 8.56. The zero-order valence-electron chi connectivity index (χ0n) is 15.3. The molecule has 0 saturated carbocycles. The van der Waals surface area contributed by atoms with Crippen molar-refractivity contribution in [2.75, 3.05) is 4.31 Å². The van der Waals surface area contributed by atoms with E-state index in [4.69, 9.17) is 23.2 Å². The second-order valence-corrected chi connectivity index (χ2v) is 9.07. The van der Waals surface area contributed by atoms with Crippen LogP contribution in [0.1, 0.15) is 21.5 Å². The van der Waals surface area contributed by atoms with Gasteiger partial charge in [0.25, 0.3) is 10.0 Å². The number of carboxylic acid groups (broad SMARTS) is 1. The second kappa shape index (κ2) is 8.45. The van der Waals surface area contributed by atoms with Crippen molar-refractivity contribution in [3.05, 3.63) is 93.5 Å². The second-order valence-electron chi connectivity index (χ2n) is 6.40. The first-order valence-corrected chi connectivity index (χ1v) is 10.8. The van der Waals surface area contributed by atoms with Gasteiger partial charge in [-0.1, -0.05) is 59.1 Å². The number of halogens is 2. The molecule has 0 atom stereocenters. The van der Waals surface area contributed by atoms with Crippen molar-refractivity contribution in [3.8, 4) is 0 Å². The van der Waals surface area contributed by atoms with E-state index in [0.29, 0.717) is 10.6 Å². The Morgan fingerprint density at radius 2 is 1.62 bits per heavy atom. The highest BCUT2D eigenvalue weighted by molar-refractivity contribution is 7.92. The Balaban J connectivity index is 2.17. The van der Waals surface area contributed by atoms with Gasteiger partial charge < -0.3 is 5.11 Å². The predicted octanol–water partition coefficient (Wildman–Crippen LogP) is 5.40. The molecule has 0 amide bonds. The van der Waals surface area contributed by atoms with Crippen molar-refractivity contribution < 1.29 is 18.3 Å². The number of aryl methyl sites for hydroxylation is 1. The highest BCUT2D eigenvalue weighted by Crippen LogP contribution is 2.31. The molecule has 0 aliphatic rings. The molecule has 0 heterocycles. The molecule has 3 aromatic carbocycles. The molecule has 8 heteroatoms. The van der Waals surface area contributed by atoms with E-state index in [1.807, 2.05) is 6.92 Å². The SMILES string of the molecule is Cc1ccc(S(=O)(=O)N(Cc2ccc(Cl)c(Cl)c2)c2ccccc2C(=O)O)cc1. The molecule has 150 valence electrons. The minimum Gasteiger partial charge on any atom is -0.478 e. The number of nitrogens with zero attached hydrogens (tertiary/aromatic N) is 1. The zero-order valence-corrected chi connectivity index (χ0v) is 17.7. The average molecular weight is 450 g/mol. The summed E-state index contributed by atoms with van der Waals surface area (Å²) in [5, 5.41) is 10.2. The van der Waals surface area contributed by atoms with Gasteiger partial charge in [-0.3, -0.25) is 4.31 Å². The molecular formula is C21H17Cl2NO4S. The van der Waals surface area contributed by atoms with Crippen LogP contribution in [0.5, 0.6) is 0 Å². The van der Waals surface area contributed by atoms with Crippen molar-refractivity contribution in [3.63, 3.8) is 0 Å². The summed E-state index contributed by atoms with van der Waals surface area (Å²) >= 11 is 12.0. The molecule has 0 aliphatic carbocycles. The lowest BCUT2D eigenvalue weighted by Gasteiger charge is -2.26. The van der Waals surface area contributed by atoms with Gasteiger partial charge in [0, 0.05) is 0 Å². The lowest BCUT2D eigenvalue weighted by atomic mass is 10.1. The van der Waals surface area contributed by atoms with E-state index in [9.17, 15) is 18.3 Å². The molecule has 29 heavy (non-hydrogen) atoms. The Kier molecular flexibility index (Phi) is 6.17. The van der Waals surface area contributed by atoms with Crippen molar-refractivity contribution >= 4 is 44.9 Å². The number of rotatable bonds is 6. The standard InChI is InChI=1S/C21H17Cl2NO4S/c1-14-6-9-16(10-7-14)29(27,28)24(13-15-8-11-18(22)19(23)12-15)20-5-3-2-4-17(20)21(25)26/h2-12H,13H2,1H3,(H,25,26). The Labute approximate surface area is 179 Å². The third-order valence-electron chi connectivity index (χ3n) is 4.32. The predicted molar refractivity (Wildman–Crippen MR) is 114 cm³/mol. The van der Waals surface area contributed by atoms with Crippen LogP contribution in [0, 0.1) is 6.92 Å². The summed E-state index contributed by atoms with van der Waals surface area (Å²) < 4.78 is 28.0. The molecule has 3 rings (SSSR count). The van der Waals surface area contributed by atoms with E-state index in [1.54, 1.807) is 42.5 Å². The Bertz CT molecular complexity index is 1160. The van der Waals surface area contributed by atoms with Gasteiger partial charge in [0.15, 0.2) is 0 Å². The summed E-state index contributed by atoms with van der Waals surface area (Å²) in [6.07, 6.45) is 0. The molecule has 0 aliphatic heterocycles. The molecule has 0 unspecified atom stereocenters. The molecule has 0 spiro atoms. The van der Waals surface area contributed by atoms with Gasteiger partial charge in [0.2, 0.25) is 0 Å². The third kappa shape index (κ3) is 4.56. The van der Waals surface area contributed by atoms with Gasteiger partial charge >= 0.3 is 5.97 Å². The van der Waals surface area contributed by atoms with E-state index >= 15 is 0 Å². The summed E-state index contributed by atoms with van der Waals surface area (Å²) in [5.74, 6) is -1.22. The Hall–Kier alpha value is -2.54. The zero-order chi connectivity index (χ0) is 21.2. The van der Waals surface area contributed by atoms with Crippen molar-refractivity contribution in [1.82, 2.24) is 0 Å². The van der Waals surface area contributed by atoms with E-state index < -0.39 is 16.0 Å². The van der Waals surface area contributed by atoms with Gasteiger partial charge in [-0.15, -0.1) is 0 Å². The van der Waals surface area contributed by atoms with Crippen molar-refractivity contribution in [2.24, 2.45) is 0 Å². The van der Waals surface area contributed by atoms with Crippen LogP contribution in [0.4, 0.5) is 5.69 Å². The number of aromatic carboxylic acids is 1. The van der Waals surface area contributed by atoms with Crippen molar-refractivity contribution in [2.45, 2.75) is 18.4 Å². The van der Waals surface area contributed by atoms with Crippen LogP contribution in [0.2, 0.25) is 10.0 Å². The topological polar surface area (TPSA) is 74.7 Å². The van der Waals surface area contributed by atoms with Crippen LogP contribution in [0.25, 0.3) is 0 Å². The number of hydrogen-bond acceptors (Lipinski definition) is 3. The number of anilines is 1. The van der Waals surface area contributed by atoms with Crippen LogP contribution in [-0.4, -0.2) is 19.5 Å². The molecule has 3 aromatic rings. The molecular weight excluding hydrogens is 433 g/mol. The average Bonchev–Trinajstić information content (AvgIpc) is 2.69. The summed E-state index contributed by atoms with van der Waals surface area (Å²) in [7, 11) is -4.05. The van der Waals surface area contributed by atoms with E-state index in [-0.39, 0.29) is 27.7 Å². The molecule has 0 fully saturated rings. The lowest BCUT2D eigenvalue weighted by Crippen LogP contribution is -2.32. The maximum Gasteiger partial charge on any atom is 0.337 e. The summed E-state index contributed by atoms with van der Waals surface area (Å²) in [5.41, 5.74) is 1.41. The van der Waals surface area contributed by atoms with E-state index in [2.05, 4.69) is 0 Å². The molecule has 0 aromatic heterocycles. The fourth-order valence-electron chi connectivity index (χ4n) is 2.81. The molecule has 0 saturated heterocycles. The van der Waals surface area contributed by atoms with Gasteiger partial charge in [-0.25, -0.2) is 13.2 Å². The number of carboxylic acids is 1. The first kappa shape index (κ1) is 21.2. The highest BCUT2D eigenvalue weighted by atomic mass is 35.5. The number of para-hydroxylation sites is 1. The number of hydrogen-bond donors (Lipinski definition) is 1. The van der Waals surface area contributed by atoms with Crippen molar-refractivity contribution in [1.29, 1.82) is 0 Å². The monoisotopic (exact) mass is 449 g/mol. The summed E-state index contributed by atoms with van der Waals surface area (Å²) in [6, 6.07) is 17.1. The first-order chi connectivity index (χ1) is 13.7. The smallest absolute Gasteiger partial charge is 0.337 e. The Morgan fingerprint density at radius 1 is 0.966 bits per heavy atom. The quantitative estimate of drug-likeness (QED) is 0.546. The van der Waals surface area contributed by atoms with Crippen LogP contribution >= 0.6 is 23.2 Å². The Morgan fingerprint density at radius 3 is 2.24 bits per heavy atom. The summed E-state index contributed by atoms with van der Waals surface area (Å²) in [4.78, 5) is 11.8. The molecule has 1 N–H and O–H groups in total. The fourth-order valence-corrected chi connectivity index (χ4v) is 4.61. The lowest BCUT2D eigenvalue weighted by molar-refractivity contribution is 0.0697. The number of benzene rings is 3. The van der Waals surface area contributed by atoms with Gasteiger partial charge in [0.05, 0.1) is 32.7 Å². The largest absolute Gasteiger partial charge is 0.478 e. The van der Waals surface area contributed by atoms with E-state index in [0.717, 1.165) is 9.87 Å². The van der Waals surface area contributed by atoms with Crippen LogP contribution in [0.3, 0.4) is 0 Å². The number of carbonyl (C=O) groups is 1. The van der Waals surface area contributed by atoms with Gasteiger partial charge in [-0.2, -0.15) is 0 Å². The maximum atomic E-state index is 13.4. The maximum absolute atomic E-state index is 13.4. The molecule has 0 bridgehead atoms. The van der Waals surface area contributed by atoms with Crippen LogP contribution in [0.15, 0.2) is 71.6 Å². The summed E-state index contributed by atoms with van der Waals surface area (Å²) in [6.45, 7) is 1.74. The normalized spacial score (nSPS) is 11.3. The molecule has 5 nitrogen and oxygen atoms in total. The fraction of sp³-hybridized carbons (Fsp3) is 0.0952. The minimum absolute atomic E-state index is 0.0587. The molecule has 0 radical (unpaired) electrons. The third-order valence-corrected chi connectivity index (χ3v) is 6.84. The van der Waals surface area contributed by atoms with Crippen LogP contribution in [-0.2, 0) is 16.6 Å². The number of sulfonamides is 1.